The first kappa shape index (κ1) is 20.4. The van der Waals surface area contributed by atoms with Crippen LogP contribution >= 0.6 is 11.3 Å². The van der Waals surface area contributed by atoms with Gasteiger partial charge in [0.25, 0.3) is 5.56 Å². The van der Waals surface area contributed by atoms with E-state index in [0.717, 1.165) is 30.5 Å². The number of nitrogens with zero attached hydrogens (tertiary/aromatic N) is 3. The molecule has 3 heterocycles. The lowest BCUT2D eigenvalue weighted by atomic mass is 10.1. The third-order valence-electron chi connectivity index (χ3n) is 5.77. The van der Waals surface area contributed by atoms with Crippen molar-refractivity contribution < 1.29 is 4.79 Å². The fourth-order valence-electron chi connectivity index (χ4n) is 4.08. The van der Waals surface area contributed by atoms with Crippen LogP contribution in [-0.4, -0.2) is 33.4 Å². The van der Waals surface area contributed by atoms with Gasteiger partial charge in [-0.3, -0.25) is 9.59 Å². The number of carbonyl (C=O) groups excluding carboxylic acids is 1. The Morgan fingerprint density at radius 2 is 1.84 bits per heavy atom. The van der Waals surface area contributed by atoms with Crippen molar-refractivity contribution in [3.63, 3.8) is 0 Å². The first-order valence-corrected chi connectivity index (χ1v) is 11.5. The molecule has 2 N–H and O–H groups in total. The van der Waals surface area contributed by atoms with Crippen LogP contribution in [0.25, 0.3) is 21.7 Å². The van der Waals surface area contributed by atoms with Gasteiger partial charge in [0, 0.05) is 12.1 Å². The Bertz CT molecular complexity index is 1300. The Labute approximate surface area is 189 Å². The Hall–Kier alpha value is -3.52. The summed E-state index contributed by atoms with van der Waals surface area (Å²) in [5.74, 6) is 0.496. The number of benzene rings is 2. The van der Waals surface area contributed by atoms with Crippen molar-refractivity contribution >= 4 is 32.7 Å². The molecule has 0 spiro atoms. The Balaban J connectivity index is 1.41. The van der Waals surface area contributed by atoms with E-state index in [1.807, 2.05) is 72.5 Å². The third kappa shape index (κ3) is 3.89. The molecule has 0 saturated carbocycles. The van der Waals surface area contributed by atoms with E-state index < -0.39 is 0 Å². The maximum Gasteiger partial charge on any atom is 0.278 e. The highest BCUT2D eigenvalue weighted by Gasteiger charge is 2.33. The van der Waals surface area contributed by atoms with E-state index in [9.17, 15) is 9.59 Å². The molecule has 2 aromatic carbocycles. The van der Waals surface area contributed by atoms with Crippen LogP contribution in [0.1, 0.15) is 31.4 Å². The number of aromatic amines is 1. The lowest BCUT2D eigenvalue weighted by Gasteiger charge is -2.25. The summed E-state index contributed by atoms with van der Waals surface area (Å²) in [6, 6.07) is 19.1. The van der Waals surface area contributed by atoms with Crippen LogP contribution < -0.4 is 15.8 Å². The molecule has 1 saturated heterocycles. The summed E-state index contributed by atoms with van der Waals surface area (Å²) in [7, 11) is 0. The normalized spacial score (nSPS) is 16.9. The van der Waals surface area contributed by atoms with E-state index in [1.54, 1.807) is 0 Å². The van der Waals surface area contributed by atoms with Crippen molar-refractivity contribution in [3.8, 4) is 11.4 Å². The minimum absolute atomic E-state index is 0.0232. The molecular weight excluding hydrogens is 422 g/mol. The maximum atomic E-state index is 13.1. The van der Waals surface area contributed by atoms with Crippen molar-refractivity contribution in [3.05, 3.63) is 76.6 Å². The molecule has 32 heavy (non-hydrogen) atoms. The summed E-state index contributed by atoms with van der Waals surface area (Å²) in [4.78, 5) is 40.3. The summed E-state index contributed by atoms with van der Waals surface area (Å²) in [5.41, 5.74) is 1.95. The Morgan fingerprint density at radius 1 is 1.12 bits per heavy atom. The molecule has 162 valence electrons. The Morgan fingerprint density at radius 3 is 2.59 bits per heavy atom. The number of nitrogens with one attached hydrogen (secondary N) is 2. The topological polar surface area (TPSA) is 91.0 Å². The lowest BCUT2D eigenvalue weighted by Crippen LogP contribution is -2.44. The number of hydrogen-bond acceptors (Lipinski definition) is 6. The molecule has 2 atom stereocenters. The predicted molar refractivity (Wildman–Crippen MR) is 127 cm³/mol. The van der Waals surface area contributed by atoms with Crippen molar-refractivity contribution in [2.75, 3.05) is 11.4 Å². The smallest absolute Gasteiger partial charge is 0.278 e. The predicted octanol–water partition coefficient (Wildman–Crippen LogP) is 3.89. The van der Waals surface area contributed by atoms with Crippen LogP contribution in [-0.2, 0) is 4.79 Å². The number of anilines is 1. The second-order valence-corrected chi connectivity index (χ2v) is 8.88. The van der Waals surface area contributed by atoms with Crippen LogP contribution in [0.4, 0.5) is 5.13 Å². The largest absolute Gasteiger partial charge is 0.348 e. The molecule has 8 heteroatoms. The Kier molecular flexibility index (Phi) is 5.45. The van der Waals surface area contributed by atoms with Gasteiger partial charge in [0.05, 0.1) is 6.04 Å². The molecule has 0 bridgehead atoms. The average molecular weight is 446 g/mol. The molecule has 1 aliphatic rings. The van der Waals surface area contributed by atoms with E-state index in [0.29, 0.717) is 21.3 Å². The van der Waals surface area contributed by atoms with Crippen molar-refractivity contribution in [1.29, 1.82) is 0 Å². The van der Waals surface area contributed by atoms with Crippen LogP contribution in [0.15, 0.2) is 65.5 Å². The second-order valence-electron chi connectivity index (χ2n) is 7.92. The molecule has 0 aliphatic carbocycles. The molecule has 4 aromatic rings. The fourth-order valence-corrected chi connectivity index (χ4v) is 5.10. The van der Waals surface area contributed by atoms with Crippen LogP contribution in [0, 0.1) is 0 Å². The quantitative estimate of drug-likeness (QED) is 0.486. The van der Waals surface area contributed by atoms with Crippen LogP contribution in [0.3, 0.4) is 0 Å². The molecule has 2 aromatic heterocycles. The summed E-state index contributed by atoms with van der Waals surface area (Å²) >= 11 is 1.36. The van der Waals surface area contributed by atoms with Gasteiger partial charge in [-0.15, -0.1) is 0 Å². The molecule has 1 fully saturated rings. The van der Waals surface area contributed by atoms with Crippen LogP contribution in [0.5, 0.6) is 0 Å². The van der Waals surface area contributed by atoms with Gasteiger partial charge < -0.3 is 15.2 Å². The van der Waals surface area contributed by atoms with Crippen molar-refractivity contribution in [2.45, 2.75) is 31.8 Å². The van der Waals surface area contributed by atoms with Gasteiger partial charge in [-0.05, 0) is 25.3 Å². The molecule has 0 radical (unpaired) electrons. The van der Waals surface area contributed by atoms with Gasteiger partial charge in [-0.2, -0.15) is 0 Å². The van der Waals surface area contributed by atoms with Crippen LogP contribution in [0.2, 0.25) is 0 Å². The number of aromatic nitrogens is 3. The van der Waals surface area contributed by atoms with Crippen molar-refractivity contribution in [1.82, 2.24) is 20.3 Å². The number of carbonyl (C=O) groups is 1. The molecular formula is C24H23N5O2S. The molecule has 1 amide bonds. The minimum Gasteiger partial charge on any atom is -0.348 e. The second kappa shape index (κ2) is 8.55. The number of amides is 1. The van der Waals surface area contributed by atoms with Gasteiger partial charge in [0.15, 0.2) is 15.5 Å². The van der Waals surface area contributed by atoms with Gasteiger partial charge in [-0.1, -0.05) is 72.0 Å². The molecule has 1 aliphatic heterocycles. The minimum atomic E-state index is -0.311. The lowest BCUT2D eigenvalue weighted by molar-refractivity contribution is -0.122. The number of H-pyrrole nitrogens is 1. The van der Waals surface area contributed by atoms with Gasteiger partial charge in [0.2, 0.25) is 5.91 Å². The number of thiazole rings is 1. The summed E-state index contributed by atoms with van der Waals surface area (Å²) in [6.45, 7) is 2.71. The van der Waals surface area contributed by atoms with E-state index in [-0.39, 0.29) is 23.6 Å². The average Bonchev–Trinajstić information content (AvgIpc) is 3.47. The first-order valence-electron chi connectivity index (χ1n) is 10.7. The fraction of sp³-hybridized carbons (Fsp3) is 0.250. The highest BCUT2D eigenvalue weighted by molar-refractivity contribution is 7.21. The highest BCUT2D eigenvalue weighted by atomic mass is 32.1. The summed E-state index contributed by atoms with van der Waals surface area (Å²) in [5, 5.41) is 3.79. The van der Waals surface area contributed by atoms with Crippen molar-refractivity contribution in [2.24, 2.45) is 0 Å². The first-order chi connectivity index (χ1) is 15.6. The number of hydrogen-bond donors (Lipinski definition) is 2. The van der Waals surface area contributed by atoms with E-state index in [1.165, 1.54) is 11.3 Å². The van der Waals surface area contributed by atoms with Gasteiger partial charge in [0.1, 0.15) is 11.9 Å². The van der Waals surface area contributed by atoms with E-state index in [4.69, 9.17) is 0 Å². The number of rotatable bonds is 5. The number of fused-ring (bicyclic) bond motifs is 1. The maximum absolute atomic E-state index is 13.1. The van der Waals surface area contributed by atoms with E-state index in [2.05, 4.69) is 20.3 Å². The summed E-state index contributed by atoms with van der Waals surface area (Å²) in [6.07, 6.45) is 1.65. The zero-order valence-electron chi connectivity index (χ0n) is 17.6. The zero-order valence-corrected chi connectivity index (χ0v) is 18.4. The molecule has 5 rings (SSSR count). The monoisotopic (exact) mass is 445 g/mol. The third-order valence-corrected chi connectivity index (χ3v) is 6.75. The standard InChI is InChI=1S/C24H23N5O2S/c1-15(16-9-4-2-5-10-16)25-21(30)18-13-8-14-29(18)24-26-19-22(31)27-20(28-23(19)32-24)17-11-6-3-7-12-17/h2-7,9-12,15,18H,8,13-14H2,1H3,(H,25,30)(H,27,28,31)/t15-,18-/m1/s1. The molecule has 0 unspecified atom stereocenters. The van der Waals surface area contributed by atoms with Gasteiger partial charge in [-0.25, -0.2) is 9.97 Å². The SMILES string of the molecule is C[C@@H](NC(=O)[C@H]1CCCN1c1nc2c(=O)[nH]c(-c3ccccc3)nc2s1)c1ccccc1. The zero-order chi connectivity index (χ0) is 22.1. The van der Waals surface area contributed by atoms with E-state index >= 15 is 0 Å². The van der Waals surface area contributed by atoms with Gasteiger partial charge >= 0.3 is 0 Å². The highest BCUT2D eigenvalue weighted by Crippen LogP contribution is 2.32. The summed E-state index contributed by atoms with van der Waals surface area (Å²) < 4.78 is 0. The molecule has 7 nitrogen and oxygen atoms in total.